The predicted molar refractivity (Wildman–Crippen MR) is 97.0 cm³/mol. The SMILES string of the molecule is O=C(CC1CSCCN1)N1CCN(Cc2ccc(F)cc2Cl)CC1. The monoisotopic (exact) mass is 371 g/mol. The van der Waals surface area contributed by atoms with E-state index in [1.165, 1.54) is 12.1 Å². The van der Waals surface area contributed by atoms with Crippen LogP contribution in [0.2, 0.25) is 5.02 Å². The highest BCUT2D eigenvalue weighted by molar-refractivity contribution is 7.99. The van der Waals surface area contributed by atoms with Crippen LogP contribution in [0.5, 0.6) is 0 Å². The topological polar surface area (TPSA) is 35.6 Å². The van der Waals surface area contributed by atoms with Gasteiger partial charge in [-0.25, -0.2) is 4.39 Å². The second-order valence-corrected chi connectivity index (χ2v) is 7.88. The first-order valence-corrected chi connectivity index (χ1v) is 9.90. The molecule has 1 unspecified atom stereocenters. The minimum atomic E-state index is -0.311. The molecule has 0 bridgehead atoms. The minimum absolute atomic E-state index is 0.245. The molecule has 0 aliphatic carbocycles. The maximum Gasteiger partial charge on any atom is 0.224 e. The Bertz CT molecular complexity index is 575. The normalized spacial score (nSPS) is 22.6. The Balaban J connectivity index is 1.45. The van der Waals surface area contributed by atoms with Crippen LogP contribution < -0.4 is 5.32 Å². The number of amides is 1. The van der Waals surface area contributed by atoms with Crippen molar-refractivity contribution in [3.63, 3.8) is 0 Å². The van der Waals surface area contributed by atoms with Crippen molar-refractivity contribution in [2.24, 2.45) is 0 Å². The van der Waals surface area contributed by atoms with Crippen molar-refractivity contribution >= 4 is 29.3 Å². The molecule has 4 nitrogen and oxygen atoms in total. The fraction of sp³-hybridized carbons (Fsp3) is 0.588. The Hall–Kier alpha value is -0.820. The van der Waals surface area contributed by atoms with E-state index in [0.717, 1.165) is 49.8 Å². The van der Waals surface area contributed by atoms with Gasteiger partial charge in [0.25, 0.3) is 0 Å². The highest BCUT2D eigenvalue weighted by atomic mass is 35.5. The zero-order valence-electron chi connectivity index (χ0n) is 13.6. The first kappa shape index (κ1) is 18.0. The average Bonchev–Trinajstić information content (AvgIpc) is 2.59. The summed E-state index contributed by atoms with van der Waals surface area (Å²) in [5.74, 6) is 2.09. The lowest BCUT2D eigenvalue weighted by Gasteiger charge is -2.36. The molecule has 2 saturated heterocycles. The van der Waals surface area contributed by atoms with Crippen LogP contribution in [0.25, 0.3) is 0 Å². The van der Waals surface area contributed by atoms with Crippen molar-refractivity contribution in [3.8, 4) is 0 Å². The van der Waals surface area contributed by atoms with Gasteiger partial charge in [-0.1, -0.05) is 17.7 Å². The average molecular weight is 372 g/mol. The van der Waals surface area contributed by atoms with Crippen molar-refractivity contribution in [2.45, 2.75) is 19.0 Å². The summed E-state index contributed by atoms with van der Waals surface area (Å²) in [6.45, 7) is 4.84. The Kier molecular flexibility index (Phi) is 6.38. The molecule has 0 spiro atoms. The van der Waals surface area contributed by atoms with Crippen molar-refractivity contribution in [2.75, 3.05) is 44.2 Å². The summed E-state index contributed by atoms with van der Waals surface area (Å²) in [4.78, 5) is 16.6. The molecule has 24 heavy (non-hydrogen) atoms. The number of rotatable bonds is 4. The third-order valence-corrected chi connectivity index (χ3v) is 6.04. The number of hydrogen-bond acceptors (Lipinski definition) is 4. The van der Waals surface area contributed by atoms with Gasteiger partial charge < -0.3 is 10.2 Å². The Morgan fingerprint density at radius 2 is 2.12 bits per heavy atom. The van der Waals surface area contributed by atoms with Crippen molar-refractivity contribution < 1.29 is 9.18 Å². The number of hydrogen-bond donors (Lipinski definition) is 1. The van der Waals surface area contributed by atoms with E-state index in [-0.39, 0.29) is 11.7 Å². The molecule has 2 fully saturated rings. The molecular formula is C17H23ClFN3OS. The standard InChI is InChI=1S/C17H23ClFN3OS/c18-16-9-14(19)2-1-13(16)11-21-4-6-22(7-5-21)17(23)10-15-12-24-8-3-20-15/h1-2,9,15,20H,3-8,10-12H2. The van der Waals surface area contributed by atoms with Crippen LogP contribution in [0.1, 0.15) is 12.0 Å². The number of carbonyl (C=O) groups is 1. The number of thioether (sulfide) groups is 1. The summed E-state index contributed by atoms with van der Waals surface area (Å²) in [5.41, 5.74) is 0.932. The fourth-order valence-corrected chi connectivity index (χ4v) is 4.31. The van der Waals surface area contributed by atoms with E-state index in [1.54, 1.807) is 6.07 Å². The van der Waals surface area contributed by atoms with Crippen molar-refractivity contribution in [1.82, 2.24) is 15.1 Å². The van der Waals surface area contributed by atoms with E-state index >= 15 is 0 Å². The van der Waals surface area contributed by atoms with Crippen LogP contribution in [0.4, 0.5) is 4.39 Å². The quantitative estimate of drug-likeness (QED) is 0.880. The highest BCUT2D eigenvalue weighted by Crippen LogP contribution is 2.20. The lowest BCUT2D eigenvalue weighted by molar-refractivity contribution is -0.133. The number of halogens is 2. The first-order chi connectivity index (χ1) is 11.6. The van der Waals surface area contributed by atoms with Crippen LogP contribution in [-0.4, -0.2) is 66.0 Å². The van der Waals surface area contributed by atoms with Gasteiger partial charge in [-0.2, -0.15) is 11.8 Å². The van der Waals surface area contributed by atoms with Crippen LogP contribution in [0, 0.1) is 5.82 Å². The van der Waals surface area contributed by atoms with E-state index in [2.05, 4.69) is 10.2 Å². The van der Waals surface area contributed by atoms with Gasteiger partial charge in [0.15, 0.2) is 0 Å². The maximum atomic E-state index is 13.1. The van der Waals surface area contributed by atoms with Crippen LogP contribution in [0.15, 0.2) is 18.2 Å². The van der Waals surface area contributed by atoms with Gasteiger partial charge in [0.1, 0.15) is 5.82 Å². The number of nitrogens with one attached hydrogen (secondary N) is 1. The van der Waals surface area contributed by atoms with E-state index in [9.17, 15) is 9.18 Å². The molecular weight excluding hydrogens is 349 g/mol. The molecule has 3 rings (SSSR count). The third kappa shape index (κ3) is 4.85. The molecule has 0 saturated carbocycles. The van der Waals surface area contributed by atoms with Gasteiger partial charge in [-0.05, 0) is 17.7 Å². The summed E-state index contributed by atoms with van der Waals surface area (Å²) in [7, 11) is 0. The lowest BCUT2D eigenvalue weighted by atomic mass is 10.1. The van der Waals surface area contributed by atoms with Crippen molar-refractivity contribution in [3.05, 3.63) is 34.6 Å². The fourth-order valence-electron chi connectivity index (χ4n) is 3.14. The summed E-state index contributed by atoms with van der Waals surface area (Å²) < 4.78 is 13.1. The Morgan fingerprint density at radius 1 is 1.33 bits per heavy atom. The molecule has 132 valence electrons. The maximum absolute atomic E-state index is 13.1. The summed E-state index contributed by atoms with van der Waals surface area (Å²) in [5, 5.41) is 3.88. The molecule has 1 N–H and O–H groups in total. The van der Waals surface area contributed by atoms with Crippen LogP contribution in [0.3, 0.4) is 0 Å². The van der Waals surface area contributed by atoms with Gasteiger partial charge in [-0.3, -0.25) is 9.69 Å². The molecule has 0 aromatic heterocycles. The Morgan fingerprint density at radius 3 is 2.79 bits per heavy atom. The smallest absolute Gasteiger partial charge is 0.224 e. The minimum Gasteiger partial charge on any atom is -0.340 e. The van der Waals surface area contributed by atoms with Gasteiger partial charge in [0.05, 0.1) is 0 Å². The zero-order valence-corrected chi connectivity index (χ0v) is 15.2. The van der Waals surface area contributed by atoms with Gasteiger partial charge in [-0.15, -0.1) is 0 Å². The summed E-state index contributed by atoms with van der Waals surface area (Å²) in [6, 6.07) is 4.84. The number of benzene rings is 1. The lowest BCUT2D eigenvalue weighted by Crippen LogP contribution is -2.50. The first-order valence-electron chi connectivity index (χ1n) is 8.37. The molecule has 1 amide bonds. The highest BCUT2D eigenvalue weighted by Gasteiger charge is 2.24. The molecule has 2 aliphatic heterocycles. The van der Waals surface area contributed by atoms with Crippen LogP contribution in [-0.2, 0) is 11.3 Å². The van der Waals surface area contributed by atoms with E-state index in [1.807, 2.05) is 16.7 Å². The third-order valence-electron chi connectivity index (χ3n) is 4.55. The number of nitrogens with zero attached hydrogens (tertiary/aromatic N) is 2. The second-order valence-electron chi connectivity index (χ2n) is 6.32. The Labute approximate surface area is 151 Å². The number of carbonyl (C=O) groups excluding carboxylic acids is 1. The van der Waals surface area contributed by atoms with E-state index in [4.69, 9.17) is 11.6 Å². The molecule has 7 heteroatoms. The second kappa shape index (κ2) is 8.52. The zero-order chi connectivity index (χ0) is 16.9. The van der Waals surface area contributed by atoms with Gasteiger partial charge >= 0.3 is 0 Å². The van der Waals surface area contributed by atoms with Gasteiger partial charge in [0.2, 0.25) is 5.91 Å². The molecule has 1 atom stereocenters. The molecule has 2 aliphatic rings. The van der Waals surface area contributed by atoms with E-state index < -0.39 is 0 Å². The van der Waals surface area contributed by atoms with Crippen LogP contribution >= 0.6 is 23.4 Å². The molecule has 2 heterocycles. The van der Waals surface area contributed by atoms with Crippen molar-refractivity contribution in [1.29, 1.82) is 0 Å². The molecule has 0 radical (unpaired) electrons. The predicted octanol–water partition coefficient (Wildman–Crippen LogP) is 2.22. The largest absolute Gasteiger partial charge is 0.340 e. The molecule has 1 aromatic carbocycles. The molecule has 1 aromatic rings. The van der Waals surface area contributed by atoms with E-state index in [0.29, 0.717) is 24.0 Å². The number of piperazine rings is 1. The summed E-state index contributed by atoms with van der Waals surface area (Å²) >= 11 is 8.01. The summed E-state index contributed by atoms with van der Waals surface area (Å²) in [6.07, 6.45) is 0.594. The van der Waals surface area contributed by atoms with Gasteiger partial charge in [0, 0.05) is 68.3 Å².